The number of rotatable bonds is 7. The smallest absolute Gasteiger partial charge is 0.0630 e. The maximum Gasteiger partial charge on any atom is 0.0630 e. The molecule has 2 unspecified atom stereocenters. The number of methoxy groups -OCH3 is 1. The average Bonchev–Trinajstić information content (AvgIpc) is 2.93. The fourth-order valence-electron chi connectivity index (χ4n) is 3.58. The summed E-state index contributed by atoms with van der Waals surface area (Å²) in [6.07, 6.45) is 6.90. The number of nitrogens with zero attached hydrogens (tertiary/aromatic N) is 2. The highest BCUT2D eigenvalue weighted by Crippen LogP contribution is 2.23. The fourth-order valence-corrected chi connectivity index (χ4v) is 3.58. The van der Waals surface area contributed by atoms with Crippen LogP contribution in [0.15, 0.2) is 0 Å². The summed E-state index contributed by atoms with van der Waals surface area (Å²) in [6.45, 7) is 7.13. The molecule has 0 aromatic heterocycles. The molecule has 2 atom stereocenters. The van der Waals surface area contributed by atoms with E-state index < -0.39 is 0 Å². The van der Waals surface area contributed by atoms with Gasteiger partial charge in [-0.05, 0) is 45.2 Å². The lowest BCUT2D eigenvalue weighted by molar-refractivity contribution is 0.0981. The van der Waals surface area contributed by atoms with Crippen molar-refractivity contribution in [2.24, 2.45) is 0 Å². The fraction of sp³-hybridized carbons (Fsp3) is 1.00. The highest BCUT2D eigenvalue weighted by atomic mass is 16.5. The van der Waals surface area contributed by atoms with Crippen molar-refractivity contribution >= 4 is 0 Å². The van der Waals surface area contributed by atoms with Gasteiger partial charge in [-0.2, -0.15) is 0 Å². The van der Waals surface area contributed by atoms with Crippen LogP contribution in [-0.2, 0) is 4.74 Å². The first-order valence-electron chi connectivity index (χ1n) is 8.07. The zero-order valence-corrected chi connectivity index (χ0v) is 12.3. The van der Waals surface area contributed by atoms with Crippen molar-refractivity contribution in [1.82, 2.24) is 15.1 Å². The minimum absolute atomic E-state index is 0.568. The summed E-state index contributed by atoms with van der Waals surface area (Å²) in [6, 6.07) is 2.18. The molecular weight excluding hydrogens is 238 g/mol. The van der Waals surface area contributed by atoms with Crippen molar-refractivity contribution in [3.63, 3.8) is 0 Å². The number of nitrogens with one attached hydrogen (secondary N) is 1. The number of ether oxygens (including phenoxy) is 1. The third kappa shape index (κ3) is 3.69. The Balaban J connectivity index is 1.47. The minimum Gasteiger partial charge on any atom is -0.383 e. The second-order valence-electron chi connectivity index (χ2n) is 6.47. The Morgan fingerprint density at radius 2 is 1.95 bits per heavy atom. The molecule has 0 radical (unpaired) electrons. The zero-order chi connectivity index (χ0) is 13.1. The van der Waals surface area contributed by atoms with Gasteiger partial charge in [0.2, 0.25) is 0 Å². The quantitative estimate of drug-likeness (QED) is 0.742. The monoisotopic (exact) mass is 267 g/mol. The molecule has 19 heavy (non-hydrogen) atoms. The molecule has 2 heterocycles. The SMILES string of the molecule is COCC(CNC1CC1)N1CCC(N2CCCC2)C1. The van der Waals surface area contributed by atoms with E-state index in [0.717, 1.165) is 25.2 Å². The second-order valence-corrected chi connectivity index (χ2v) is 6.47. The van der Waals surface area contributed by atoms with Gasteiger partial charge in [0.1, 0.15) is 0 Å². The standard InChI is InChI=1S/C15H29N3O/c1-19-12-15(10-16-13-4-5-13)18-9-6-14(11-18)17-7-2-3-8-17/h13-16H,2-12H2,1H3. The maximum atomic E-state index is 5.43. The molecular formula is C15H29N3O. The van der Waals surface area contributed by atoms with Crippen molar-refractivity contribution in [3.8, 4) is 0 Å². The van der Waals surface area contributed by atoms with E-state index in [-0.39, 0.29) is 0 Å². The van der Waals surface area contributed by atoms with E-state index in [9.17, 15) is 0 Å². The molecule has 1 saturated carbocycles. The first-order chi connectivity index (χ1) is 9.36. The summed E-state index contributed by atoms with van der Waals surface area (Å²) in [5, 5.41) is 3.67. The minimum atomic E-state index is 0.568. The normalized spacial score (nSPS) is 31.1. The van der Waals surface area contributed by atoms with Gasteiger partial charge in [0.05, 0.1) is 6.61 Å². The number of hydrogen-bond acceptors (Lipinski definition) is 4. The largest absolute Gasteiger partial charge is 0.383 e. The van der Waals surface area contributed by atoms with Crippen LogP contribution in [-0.4, -0.2) is 74.4 Å². The van der Waals surface area contributed by atoms with Crippen LogP contribution in [0.25, 0.3) is 0 Å². The lowest BCUT2D eigenvalue weighted by Crippen LogP contribution is -2.46. The van der Waals surface area contributed by atoms with Gasteiger partial charge in [0, 0.05) is 44.9 Å². The van der Waals surface area contributed by atoms with Crippen LogP contribution in [0.5, 0.6) is 0 Å². The van der Waals surface area contributed by atoms with Crippen molar-refractivity contribution < 1.29 is 4.74 Å². The van der Waals surface area contributed by atoms with Gasteiger partial charge in [-0.25, -0.2) is 0 Å². The molecule has 0 aromatic rings. The molecule has 0 bridgehead atoms. The summed E-state index contributed by atoms with van der Waals surface area (Å²) in [7, 11) is 1.83. The first-order valence-corrected chi connectivity index (χ1v) is 8.07. The van der Waals surface area contributed by atoms with Gasteiger partial charge in [-0.15, -0.1) is 0 Å². The Kier molecular flexibility index (Phi) is 4.74. The third-order valence-corrected chi connectivity index (χ3v) is 4.95. The molecule has 4 nitrogen and oxygen atoms in total. The molecule has 4 heteroatoms. The van der Waals surface area contributed by atoms with Crippen LogP contribution in [0.4, 0.5) is 0 Å². The Morgan fingerprint density at radius 1 is 1.16 bits per heavy atom. The Bertz CT molecular complexity index is 277. The van der Waals surface area contributed by atoms with Crippen molar-refractivity contribution in [2.75, 3.05) is 46.4 Å². The summed E-state index contributed by atoms with van der Waals surface area (Å²) >= 11 is 0. The van der Waals surface area contributed by atoms with Gasteiger partial charge >= 0.3 is 0 Å². The highest BCUT2D eigenvalue weighted by Gasteiger charge is 2.33. The third-order valence-electron chi connectivity index (χ3n) is 4.95. The lowest BCUT2D eigenvalue weighted by Gasteiger charge is -2.29. The Morgan fingerprint density at radius 3 is 2.63 bits per heavy atom. The number of hydrogen-bond donors (Lipinski definition) is 1. The Labute approximate surface area is 117 Å². The molecule has 3 rings (SSSR count). The van der Waals surface area contributed by atoms with Gasteiger partial charge in [0.15, 0.2) is 0 Å². The van der Waals surface area contributed by atoms with Crippen LogP contribution in [0, 0.1) is 0 Å². The van der Waals surface area contributed by atoms with Crippen LogP contribution < -0.4 is 5.32 Å². The van der Waals surface area contributed by atoms with E-state index in [1.54, 1.807) is 0 Å². The second kappa shape index (κ2) is 6.53. The van der Waals surface area contributed by atoms with Crippen LogP contribution in [0.1, 0.15) is 32.1 Å². The summed E-state index contributed by atoms with van der Waals surface area (Å²) in [5.41, 5.74) is 0. The predicted molar refractivity (Wildman–Crippen MR) is 77.5 cm³/mol. The molecule has 0 spiro atoms. The first kappa shape index (κ1) is 13.8. The summed E-state index contributed by atoms with van der Waals surface area (Å²) in [5.74, 6) is 0. The van der Waals surface area contributed by atoms with E-state index in [1.807, 2.05) is 7.11 Å². The molecule has 2 aliphatic heterocycles. The van der Waals surface area contributed by atoms with E-state index in [0.29, 0.717) is 6.04 Å². The Hall–Kier alpha value is -0.160. The number of likely N-dealkylation sites (tertiary alicyclic amines) is 2. The molecule has 110 valence electrons. The maximum absolute atomic E-state index is 5.43. The van der Waals surface area contributed by atoms with Gasteiger partial charge in [-0.1, -0.05) is 0 Å². The van der Waals surface area contributed by atoms with E-state index in [4.69, 9.17) is 4.74 Å². The van der Waals surface area contributed by atoms with Crippen molar-refractivity contribution in [3.05, 3.63) is 0 Å². The molecule has 1 aliphatic carbocycles. The molecule has 3 aliphatic rings. The van der Waals surface area contributed by atoms with Gasteiger partial charge in [0.25, 0.3) is 0 Å². The average molecular weight is 267 g/mol. The van der Waals surface area contributed by atoms with Crippen molar-refractivity contribution in [2.45, 2.75) is 50.2 Å². The van der Waals surface area contributed by atoms with E-state index in [1.165, 1.54) is 58.3 Å². The molecule has 2 saturated heterocycles. The molecule has 3 fully saturated rings. The lowest BCUT2D eigenvalue weighted by atomic mass is 10.2. The van der Waals surface area contributed by atoms with Crippen molar-refractivity contribution in [1.29, 1.82) is 0 Å². The topological polar surface area (TPSA) is 27.7 Å². The predicted octanol–water partition coefficient (Wildman–Crippen LogP) is 0.924. The van der Waals surface area contributed by atoms with E-state index >= 15 is 0 Å². The van der Waals surface area contributed by atoms with Crippen LogP contribution >= 0.6 is 0 Å². The van der Waals surface area contributed by atoms with Gasteiger partial charge < -0.3 is 10.1 Å². The molecule has 0 amide bonds. The van der Waals surface area contributed by atoms with Gasteiger partial charge in [-0.3, -0.25) is 9.80 Å². The molecule has 1 N–H and O–H groups in total. The van der Waals surface area contributed by atoms with Crippen LogP contribution in [0.2, 0.25) is 0 Å². The highest BCUT2D eigenvalue weighted by molar-refractivity contribution is 4.91. The summed E-state index contributed by atoms with van der Waals surface area (Å²) in [4.78, 5) is 5.36. The zero-order valence-electron chi connectivity index (χ0n) is 12.3. The van der Waals surface area contributed by atoms with E-state index in [2.05, 4.69) is 15.1 Å². The van der Waals surface area contributed by atoms with Crippen LogP contribution in [0.3, 0.4) is 0 Å². The summed E-state index contributed by atoms with van der Waals surface area (Å²) < 4.78 is 5.43. The molecule has 0 aromatic carbocycles.